The zero-order valence-electron chi connectivity index (χ0n) is 11.9. The van der Waals surface area contributed by atoms with Gasteiger partial charge in [-0.1, -0.05) is 41.4 Å². The van der Waals surface area contributed by atoms with E-state index in [0.717, 1.165) is 16.2 Å². The smallest absolute Gasteiger partial charge is 0.312 e. The molecule has 1 atom stereocenters. The highest BCUT2D eigenvalue weighted by molar-refractivity contribution is 7.99. The number of hydrogen-bond donors (Lipinski definition) is 1. The Balaban J connectivity index is 2.09. The minimum atomic E-state index is -0.648. The third-order valence-corrected chi connectivity index (χ3v) is 6.13. The average molecular weight is 367 g/mol. The van der Waals surface area contributed by atoms with Gasteiger partial charge in [-0.25, -0.2) is 0 Å². The van der Waals surface area contributed by atoms with Crippen molar-refractivity contribution in [3.8, 4) is 11.5 Å². The first-order valence-corrected chi connectivity index (χ1v) is 8.91. The second kappa shape index (κ2) is 5.33. The van der Waals surface area contributed by atoms with Crippen LogP contribution in [0.3, 0.4) is 0 Å². The van der Waals surface area contributed by atoms with Crippen molar-refractivity contribution in [2.45, 2.75) is 23.2 Å². The molecule has 0 aliphatic carbocycles. The highest BCUT2D eigenvalue weighted by Gasteiger charge is 2.48. The Labute approximate surface area is 147 Å². The highest BCUT2D eigenvalue weighted by Crippen LogP contribution is 2.58. The van der Waals surface area contributed by atoms with Gasteiger partial charge in [0.2, 0.25) is 0 Å². The molecule has 0 bridgehead atoms. The zero-order valence-corrected chi connectivity index (χ0v) is 14.3. The summed E-state index contributed by atoms with van der Waals surface area (Å²) < 4.78 is 5.34. The number of halogens is 2. The quantitative estimate of drug-likeness (QED) is 0.537. The molecule has 2 aromatic rings. The molecule has 1 N–H and O–H groups in total. The number of benzene rings is 2. The molecule has 0 fully saturated rings. The Morgan fingerprint density at radius 2 is 2.00 bits per heavy atom. The van der Waals surface area contributed by atoms with Gasteiger partial charge in [0, 0.05) is 10.3 Å². The second-order valence-corrected chi connectivity index (χ2v) is 7.67. The summed E-state index contributed by atoms with van der Waals surface area (Å²) in [5.74, 6) is 0.669. The van der Waals surface area contributed by atoms with E-state index in [2.05, 4.69) is 0 Å². The van der Waals surface area contributed by atoms with Gasteiger partial charge in [0.25, 0.3) is 0 Å². The van der Waals surface area contributed by atoms with Crippen LogP contribution in [0.4, 0.5) is 0 Å². The lowest BCUT2D eigenvalue weighted by Crippen LogP contribution is -2.39. The van der Waals surface area contributed by atoms with E-state index in [-0.39, 0.29) is 33.9 Å². The first-order valence-electron chi connectivity index (χ1n) is 7.17. The topological polar surface area (TPSA) is 46.5 Å². The van der Waals surface area contributed by atoms with E-state index in [4.69, 9.17) is 27.9 Å². The number of carbonyl (C=O) groups excluding carboxylic acids is 1. The van der Waals surface area contributed by atoms with E-state index in [1.165, 1.54) is 6.07 Å². The molecular weight excluding hydrogens is 355 g/mol. The molecule has 0 amide bonds. The molecule has 0 aromatic heterocycles. The number of carbonyl (C=O) groups is 1. The van der Waals surface area contributed by atoms with Crippen molar-refractivity contribution < 1.29 is 14.6 Å². The molecule has 0 saturated carbocycles. The van der Waals surface area contributed by atoms with Crippen molar-refractivity contribution >= 4 is 40.9 Å². The Bertz CT molecular complexity index is 837. The normalized spacial score (nSPS) is 22.4. The summed E-state index contributed by atoms with van der Waals surface area (Å²) in [7, 11) is 0. The lowest BCUT2D eigenvalue weighted by Gasteiger charge is -2.42. The van der Waals surface area contributed by atoms with Crippen LogP contribution in [-0.2, 0) is 10.2 Å². The third-order valence-electron chi connectivity index (χ3n) is 4.49. The number of phenolic OH excluding ortho intramolecular Hbond substituents is 1. The number of fused-ring (bicyclic) bond motifs is 4. The predicted molar refractivity (Wildman–Crippen MR) is 90.9 cm³/mol. The maximum absolute atomic E-state index is 12.3. The fraction of sp³-hybridized carbons (Fsp3) is 0.235. The number of rotatable bonds is 0. The molecule has 2 aliphatic heterocycles. The number of ether oxygens (including phenoxy) is 1. The number of aromatic hydroxyl groups is 1. The molecular formula is C17H12Cl2O3S. The summed E-state index contributed by atoms with van der Waals surface area (Å²) in [4.78, 5) is 13.4. The Morgan fingerprint density at radius 1 is 1.22 bits per heavy atom. The van der Waals surface area contributed by atoms with Crippen LogP contribution in [0.25, 0.3) is 0 Å². The maximum Gasteiger partial charge on any atom is 0.312 e. The van der Waals surface area contributed by atoms with Gasteiger partial charge in [-0.2, -0.15) is 0 Å². The van der Waals surface area contributed by atoms with Crippen LogP contribution in [0.15, 0.2) is 35.2 Å². The summed E-state index contributed by atoms with van der Waals surface area (Å²) in [6.45, 7) is 0. The van der Waals surface area contributed by atoms with Crippen molar-refractivity contribution in [3.63, 3.8) is 0 Å². The SMILES string of the molecule is O=C1CC2(CCSc3ccccc32)c2c(O)c(Cl)cc(Cl)c2O1. The summed E-state index contributed by atoms with van der Waals surface area (Å²) in [6.07, 6.45) is 0.878. The van der Waals surface area contributed by atoms with Crippen LogP contribution < -0.4 is 4.74 Å². The van der Waals surface area contributed by atoms with Crippen molar-refractivity contribution in [3.05, 3.63) is 51.5 Å². The molecule has 2 heterocycles. The van der Waals surface area contributed by atoms with E-state index < -0.39 is 5.41 Å². The van der Waals surface area contributed by atoms with Gasteiger partial charge in [-0.05, 0) is 29.9 Å². The van der Waals surface area contributed by atoms with Gasteiger partial charge < -0.3 is 9.84 Å². The maximum atomic E-state index is 12.3. The Hall–Kier alpha value is -1.36. The minimum absolute atomic E-state index is 0.0553. The molecule has 118 valence electrons. The lowest BCUT2D eigenvalue weighted by molar-refractivity contribution is -0.137. The summed E-state index contributed by atoms with van der Waals surface area (Å²) in [5, 5.41) is 11.0. The van der Waals surface area contributed by atoms with Crippen LogP contribution in [0.1, 0.15) is 24.0 Å². The lowest BCUT2D eigenvalue weighted by atomic mass is 9.68. The standard InChI is InChI=1S/C17H12Cl2O3S/c18-10-7-11(19)16-14(15(10)21)17(8-13(20)22-16)5-6-23-12-4-2-1-3-9(12)17/h1-4,7,21H,5-6,8H2. The van der Waals surface area contributed by atoms with E-state index in [1.54, 1.807) is 11.8 Å². The van der Waals surface area contributed by atoms with Crippen LogP contribution in [0, 0.1) is 0 Å². The number of thioether (sulfide) groups is 1. The van der Waals surface area contributed by atoms with Crippen molar-refractivity contribution in [1.29, 1.82) is 0 Å². The van der Waals surface area contributed by atoms with Crippen LogP contribution in [0.2, 0.25) is 10.0 Å². The fourth-order valence-electron chi connectivity index (χ4n) is 3.52. The van der Waals surface area contributed by atoms with Crippen LogP contribution in [-0.4, -0.2) is 16.8 Å². The molecule has 23 heavy (non-hydrogen) atoms. The zero-order chi connectivity index (χ0) is 16.2. The van der Waals surface area contributed by atoms with Gasteiger partial charge in [0.05, 0.1) is 22.0 Å². The summed E-state index contributed by atoms with van der Waals surface area (Å²) in [5.41, 5.74) is 0.899. The van der Waals surface area contributed by atoms with E-state index in [9.17, 15) is 9.90 Å². The number of hydrogen-bond acceptors (Lipinski definition) is 4. The molecule has 6 heteroatoms. The van der Waals surface area contributed by atoms with Crippen molar-refractivity contribution in [2.75, 3.05) is 5.75 Å². The number of phenols is 1. The van der Waals surface area contributed by atoms with Crippen LogP contribution >= 0.6 is 35.0 Å². The molecule has 0 radical (unpaired) electrons. The van der Waals surface area contributed by atoms with Crippen molar-refractivity contribution in [2.24, 2.45) is 0 Å². The molecule has 4 rings (SSSR count). The monoisotopic (exact) mass is 366 g/mol. The minimum Gasteiger partial charge on any atom is -0.506 e. The molecule has 1 spiro atoms. The van der Waals surface area contributed by atoms with E-state index in [1.807, 2.05) is 24.3 Å². The second-order valence-electron chi connectivity index (χ2n) is 5.72. The first kappa shape index (κ1) is 15.2. The third kappa shape index (κ3) is 2.16. The van der Waals surface area contributed by atoms with Crippen LogP contribution in [0.5, 0.6) is 11.5 Å². The van der Waals surface area contributed by atoms with Gasteiger partial charge in [-0.3, -0.25) is 4.79 Å². The number of esters is 1. The van der Waals surface area contributed by atoms with Gasteiger partial charge in [-0.15, -0.1) is 11.8 Å². The molecule has 2 aliphatic rings. The van der Waals surface area contributed by atoms with Crippen molar-refractivity contribution in [1.82, 2.24) is 0 Å². The molecule has 2 aromatic carbocycles. The average Bonchev–Trinajstić information content (AvgIpc) is 2.53. The highest BCUT2D eigenvalue weighted by atomic mass is 35.5. The molecule has 0 saturated heterocycles. The Kier molecular flexibility index (Phi) is 3.52. The largest absolute Gasteiger partial charge is 0.506 e. The fourth-order valence-corrected chi connectivity index (χ4v) is 5.29. The van der Waals surface area contributed by atoms with Gasteiger partial charge in [0.15, 0.2) is 5.75 Å². The van der Waals surface area contributed by atoms with E-state index >= 15 is 0 Å². The molecule has 3 nitrogen and oxygen atoms in total. The molecule has 1 unspecified atom stereocenters. The van der Waals surface area contributed by atoms with Gasteiger partial charge >= 0.3 is 5.97 Å². The first-order chi connectivity index (χ1) is 11.0. The predicted octanol–water partition coefficient (Wildman–Crippen LogP) is 4.79. The summed E-state index contributed by atoms with van der Waals surface area (Å²) >= 11 is 14.1. The van der Waals surface area contributed by atoms with E-state index in [0.29, 0.717) is 12.0 Å². The van der Waals surface area contributed by atoms with Gasteiger partial charge in [0.1, 0.15) is 5.75 Å². The summed E-state index contributed by atoms with van der Waals surface area (Å²) in [6, 6.07) is 9.35. The Morgan fingerprint density at radius 3 is 2.83 bits per heavy atom.